The minimum atomic E-state index is -0.0976. The Morgan fingerprint density at radius 3 is 2.52 bits per heavy atom. The number of carbonyl (C=O) groups is 1. The highest BCUT2D eigenvalue weighted by Gasteiger charge is 2.26. The molecule has 1 aliphatic carbocycles. The van der Waals surface area contributed by atoms with Crippen LogP contribution in [0.5, 0.6) is 0 Å². The summed E-state index contributed by atoms with van der Waals surface area (Å²) >= 11 is 0. The average Bonchev–Trinajstić information content (AvgIpc) is 2.73. The summed E-state index contributed by atoms with van der Waals surface area (Å²) in [6, 6.07) is 10.2. The number of nitrogens with zero attached hydrogens (tertiary/aromatic N) is 2. The Balaban J connectivity index is 1.70. The van der Waals surface area contributed by atoms with Crippen LogP contribution in [-0.2, 0) is 32.4 Å². The van der Waals surface area contributed by atoms with E-state index in [9.17, 15) is 9.59 Å². The number of fused-ring (bicyclic) bond motifs is 2. The van der Waals surface area contributed by atoms with Gasteiger partial charge in [0.25, 0.3) is 11.5 Å². The lowest BCUT2D eigenvalue weighted by Gasteiger charge is -2.29. The minimum Gasteiger partial charge on any atom is -0.334 e. The maximum atomic E-state index is 13.4. The van der Waals surface area contributed by atoms with Gasteiger partial charge < -0.3 is 9.47 Å². The first-order chi connectivity index (χ1) is 14.2. The van der Waals surface area contributed by atoms with Crippen LogP contribution >= 0.6 is 0 Å². The SMILES string of the molecule is CCCCn1c2c(cc(C(=O)N3CCc4ccccc4C3)c1=O)CCCCCC2. The largest absolute Gasteiger partial charge is 0.334 e. The van der Waals surface area contributed by atoms with Crippen molar-refractivity contribution >= 4 is 5.91 Å². The molecule has 0 bridgehead atoms. The summed E-state index contributed by atoms with van der Waals surface area (Å²) in [6.45, 7) is 4.15. The molecule has 154 valence electrons. The van der Waals surface area contributed by atoms with E-state index in [1.807, 2.05) is 21.6 Å². The van der Waals surface area contributed by atoms with Crippen molar-refractivity contribution in [2.45, 2.75) is 77.8 Å². The molecule has 0 fully saturated rings. The number of carbonyl (C=O) groups excluding carboxylic acids is 1. The second-order valence-electron chi connectivity index (χ2n) is 8.50. The van der Waals surface area contributed by atoms with Crippen molar-refractivity contribution in [3.05, 3.63) is 68.6 Å². The number of pyridine rings is 1. The van der Waals surface area contributed by atoms with Gasteiger partial charge in [-0.15, -0.1) is 0 Å². The Labute approximate surface area is 173 Å². The second kappa shape index (κ2) is 8.98. The highest BCUT2D eigenvalue weighted by molar-refractivity contribution is 5.94. The lowest BCUT2D eigenvalue weighted by Crippen LogP contribution is -2.40. The van der Waals surface area contributed by atoms with Crippen molar-refractivity contribution in [1.82, 2.24) is 9.47 Å². The molecule has 1 amide bonds. The van der Waals surface area contributed by atoms with Gasteiger partial charge in [0.1, 0.15) is 5.56 Å². The molecule has 0 unspecified atom stereocenters. The van der Waals surface area contributed by atoms with E-state index in [1.165, 1.54) is 35.2 Å². The van der Waals surface area contributed by atoms with E-state index in [1.54, 1.807) is 0 Å². The van der Waals surface area contributed by atoms with Gasteiger partial charge in [-0.3, -0.25) is 9.59 Å². The number of aryl methyl sites for hydroxylation is 1. The summed E-state index contributed by atoms with van der Waals surface area (Å²) < 4.78 is 1.94. The van der Waals surface area contributed by atoms with Gasteiger partial charge in [-0.05, 0) is 61.3 Å². The summed E-state index contributed by atoms with van der Waals surface area (Å²) in [5.74, 6) is -0.0976. The van der Waals surface area contributed by atoms with Crippen molar-refractivity contribution in [1.29, 1.82) is 0 Å². The van der Waals surface area contributed by atoms with E-state index >= 15 is 0 Å². The van der Waals surface area contributed by atoms with Crippen LogP contribution in [0.3, 0.4) is 0 Å². The van der Waals surface area contributed by atoms with Gasteiger partial charge >= 0.3 is 0 Å². The lowest BCUT2D eigenvalue weighted by atomic mass is 9.94. The Kier molecular flexibility index (Phi) is 6.17. The molecule has 1 aromatic carbocycles. The Hall–Kier alpha value is -2.36. The third-order valence-electron chi connectivity index (χ3n) is 6.48. The maximum absolute atomic E-state index is 13.4. The molecule has 0 radical (unpaired) electrons. The zero-order valence-electron chi connectivity index (χ0n) is 17.6. The molecule has 4 heteroatoms. The first-order valence-electron chi connectivity index (χ1n) is 11.3. The molecule has 1 aromatic heterocycles. The van der Waals surface area contributed by atoms with Crippen molar-refractivity contribution in [3.8, 4) is 0 Å². The Morgan fingerprint density at radius 2 is 1.72 bits per heavy atom. The molecule has 0 saturated carbocycles. The fourth-order valence-electron chi connectivity index (χ4n) is 4.78. The van der Waals surface area contributed by atoms with Gasteiger partial charge in [0.15, 0.2) is 0 Å². The van der Waals surface area contributed by atoms with Crippen molar-refractivity contribution in [2.75, 3.05) is 6.54 Å². The molecular formula is C25H32N2O2. The van der Waals surface area contributed by atoms with E-state index < -0.39 is 0 Å². The monoisotopic (exact) mass is 392 g/mol. The van der Waals surface area contributed by atoms with Crippen molar-refractivity contribution in [3.63, 3.8) is 0 Å². The van der Waals surface area contributed by atoms with Crippen LogP contribution < -0.4 is 5.56 Å². The number of rotatable bonds is 4. The van der Waals surface area contributed by atoms with E-state index in [0.29, 0.717) is 18.7 Å². The van der Waals surface area contributed by atoms with Gasteiger partial charge in [0.2, 0.25) is 0 Å². The van der Waals surface area contributed by atoms with Crippen LogP contribution in [0.15, 0.2) is 35.1 Å². The van der Waals surface area contributed by atoms with E-state index in [0.717, 1.165) is 51.5 Å². The second-order valence-corrected chi connectivity index (χ2v) is 8.50. The van der Waals surface area contributed by atoms with E-state index in [-0.39, 0.29) is 11.5 Å². The van der Waals surface area contributed by atoms with Gasteiger partial charge in [-0.1, -0.05) is 50.5 Å². The fourth-order valence-corrected chi connectivity index (χ4v) is 4.78. The molecule has 0 N–H and O–H groups in total. The summed E-state index contributed by atoms with van der Waals surface area (Å²) in [6.07, 6.45) is 9.55. The standard InChI is InChI=1S/C25H32N2O2/c1-2-3-15-27-23-13-7-5-4-6-11-20(23)17-22(25(27)29)24(28)26-16-14-19-10-8-9-12-21(19)18-26/h8-10,12,17H,2-7,11,13-16,18H2,1H3. The summed E-state index contributed by atoms with van der Waals surface area (Å²) in [5, 5.41) is 0. The molecule has 1 aliphatic heterocycles. The van der Waals surface area contributed by atoms with E-state index in [4.69, 9.17) is 0 Å². The smallest absolute Gasteiger partial charge is 0.263 e. The number of benzene rings is 1. The lowest BCUT2D eigenvalue weighted by molar-refractivity contribution is 0.0732. The number of amides is 1. The molecule has 2 heterocycles. The van der Waals surface area contributed by atoms with Gasteiger partial charge in [-0.25, -0.2) is 0 Å². The number of aromatic nitrogens is 1. The highest BCUT2D eigenvalue weighted by atomic mass is 16.2. The average molecular weight is 393 g/mol. The quantitative estimate of drug-likeness (QED) is 0.768. The fraction of sp³-hybridized carbons (Fsp3) is 0.520. The number of hydrogen-bond donors (Lipinski definition) is 0. The molecule has 0 spiro atoms. The third kappa shape index (κ3) is 4.17. The molecule has 4 nitrogen and oxygen atoms in total. The zero-order valence-corrected chi connectivity index (χ0v) is 17.6. The highest BCUT2D eigenvalue weighted by Crippen LogP contribution is 2.23. The van der Waals surface area contributed by atoms with E-state index in [2.05, 4.69) is 25.1 Å². The molecule has 0 saturated heterocycles. The topological polar surface area (TPSA) is 42.3 Å². The first kappa shape index (κ1) is 19.9. The van der Waals surface area contributed by atoms with Crippen molar-refractivity contribution < 1.29 is 4.79 Å². The zero-order chi connectivity index (χ0) is 20.2. The summed E-state index contributed by atoms with van der Waals surface area (Å²) in [7, 11) is 0. The Morgan fingerprint density at radius 1 is 0.966 bits per heavy atom. The molecule has 2 aromatic rings. The van der Waals surface area contributed by atoms with Gasteiger partial charge in [0.05, 0.1) is 0 Å². The van der Waals surface area contributed by atoms with Crippen LogP contribution in [0.25, 0.3) is 0 Å². The third-order valence-corrected chi connectivity index (χ3v) is 6.48. The minimum absolute atomic E-state index is 0.0818. The predicted octanol–water partition coefficient (Wildman–Crippen LogP) is 4.51. The number of unbranched alkanes of at least 4 members (excludes halogenated alkanes) is 1. The molecule has 29 heavy (non-hydrogen) atoms. The molecule has 2 aliphatic rings. The Bertz CT molecular complexity index is 944. The maximum Gasteiger partial charge on any atom is 0.263 e. The number of hydrogen-bond acceptors (Lipinski definition) is 2. The van der Waals surface area contributed by atoms with Crippen molar-refractivity contribution in [2.24, 2.45) is 0 Å². The van der Waals surface area contributed by atoms with Crippen LogP contribution in [0.1, 0.15) is 78.2 Å². The molecule has 4 rings (SSSR count). The van der Waals surface area contributed by atoms with Crippen LogP contribution in [0, 0.1) is 0 Å². The summed E-state index contributed by atoms with van der Waals surface area (Å²) in [5.41, 5.74) is 5.21. The van der Waals surface area contributed by atoms with Crippen LogP contribution in [0.2, 0.25) is 0 Å². The molecule has 0 atom stereocenters. The predicted molar refractivity (Wildman–Crippen MR) is 116 cm³/mol. The van der Waals surface area contributed by atoms with Gasteiger partial charge in [0, 0.05) is 25.3 Å². The van der Waals surface area contributed by atoms with Crippen LogP contribution in [-0.4, -0.2) is 21.9 Å². The summed E-state index contributed by atoms with van der Waals surface area (Å²) in [4.78, 5) is 28.7. The normalized spacial score (nSPS) is 16.5. The van der Waals surface area contributed by atoms with Gasteiger partial charge in [-0.2, -0.15) is 0 Å². The first-order valence-corrected chi connectivity index (χ1v) is 11.3. The molecular weight excluding hydrogens is 360 g/mol. The van der Waals surface area contributed by atoms with Crippen LogP contribution in [0.4, 0.5) is 0 Å².